The lowest BCUT2D eigenvalue weighted by Crippen LogP contribution is -2.28. The Bertz CT molecular complexity index is 549. The van der Waals surface area contributed by atoms with Gasteiger partial charge in [0.25, 0.3) is 0 Å². The first-order valence-electron chi connectivity index (χ1n) is 4.80. The van der Waals surface area contributed by atoms with E-state index in [1.165, 1.54) is 19.1 Å². The molecular formula is C10H11F3O4S. The molecule has 0 aliphatic heterocycles. The van der Waals surface area contributed by atoms with Crippen LogP contribution in [0, 0.1) is 13.8 Å². The molecular weight excluding hydrogens is 273 g/mol. The predicted molar refractivity (Wildman–Crippen MR) is 57.4 cm³/mol. The Morgan fingerprint density at radius 1 is 1.28 bits per heavy atom. The van der Waals surface area contributed by atoms with Gasteiger partial charge in [0, 0.05) is 5.56 Å². The van der Waals surface area contributed by atoms with Crippen molar-refractivity contribution in [3.8, 4) is 5.75 Å². The van der Waals surface area contributed by atoms with Crippen LogP contribution in [-0.2, 0) is 16.7 Å². The third-order valence-electron chi connectivity index (χ3n) is 2.14. The molecule has 0 amide bonds. The maximum Gasteiger partial charge on any atom is 0.534 e. The van der Waals surface area contributed by atoms with Crippen molar-refractivity contribution in [3.63, 3.8) is 0 Å². The molecule has 1 N–H and O–H groups in total. The highest BCUT2D eigenvalue weighted by atomic mass is 32.2. The summed E-state index contributed by atoms with van der Waals surface area (Å²) in [6, 6.07) is 2.81. The van der Waals surface area contributed by atoms with Gasteiger partial charge < -0.3 is 9.29 Å². The van der Waals surface area contributed by atoms with E-state index in [2.05, 4.69) is 4.18 Å². The zero-order valence-corrected chi connectivity index (χ0v) is 10.4. The summed E-state index contributed by atoms with van der Waals surface area (Å²) >= 11 is 0. The molecule has 4 nitrogen and oxygen atoms in total. The minimum absolute atomic E-state index is 0.0136. The third kappa shape index (κ3) is 2.94. The van der Waals surface area contributed by atoms with Gasteiger partial charge in [-0.25, -0.2) is 0 Å². The van der Waals surface area contributed by atoms with Crippen molar-refractivity contribution in [2.75, 3.05) is 0 Å². The van der Waals surface area contributed by atoms with Gasteiger partial charge in [0.2, 0.25) is 0 Å². The molecule has 0 spiro atoms. The van der Waals surface area contributed by atoms with E-state index >= 15 is 0 Å². The molecule has 0 aliphatic carbocycles. The SMILES string of the molecule is Cc1cc(C)c(OS(=O)(=O)C(F)(F)F)c(CO)c1. The first-order valence-corrected chi connectivity index (χ1v) is 6.21. The van der Waals surface area contributed by atoms with Crippen LogP contribution in [0.3, 0.4) is 0 Å². The number of aliphatic hydroxyl groups excluding tert-OH is 1. The zero-order chi connectivity index (χ0) is 14.1. The molecule has 1 rings (SSSR count). The van der Waals surface area contributed by atoms with E-state index in [4.69, 9.17) is 5.11 Å². The number of benzene rings is 1. The standard InChI is InChI=1S/C10H11F3O4S/c1-6-3-7(2)9(8(4-6)5-14)17-18(15,16)10(11,12)13/h3-4,14H,5H2,1-2H3. The lowest BCUT2D eigenvalue weighted by Gasteiger charge is -2.14. The van der Waals surface area contributed by atoms with E-state index in [0.717, 1.165) is 0 Å². The highest BCUT2D eigenvalue weighted by molar-refractivity contribution is 7.88. The normalized spacial score (nSPS) is 12.6. The molecule has 1 aromatic rings. The van der Waals surface area contributed by atoms with Gasteiger partial charge in [-0.15, -0.1) is 0 Å². The van der Waals surface area contributed by atoms with Gasteiger partial charge in [0.1, 0.15) is 0 Å². The number of alkyl halides is 3. The van der Waals surface area contributed by atoms with Gasteiger partial charge in [0.15, 0.2) is 5.75 Å². The number of hydrogen-bond donors (Lipinski definition) is 1. The molecule has 18 heavy (non-hydrogen) atoms. The quantitative estimate of drug-likeness (QED) is 0.681. The van der Waals surface area contributed by atoms with Gasteiger partial charge in [0.05, 0.1) is 6.61 Å². The summed E-state index contributed by atoms with van der Waals surface area (Å²) in [4.78, 5) is 0. The van der Waals surface area contributed by atoms with Crippen LogP contribution < -0.4 is 4.18 Å². The van der Waals surface area contributed by atoms with Crippen molar-refractivity contribution in [1.29, 1.82) is 0 Å². The number of aryl methyl sites for hydroxylation is 2. The fourth-order valence-electron chi connectivity index (χ4n) is 1.44. The Kier molecular flexibility index (Phi) is 3.92. The Hall–Kier alpha value is -1.28. The van der Waals surface area contributed by atoms with Crippen LogP contribution in [0.5, 0.6) is 5.75 Å². The number of hydrogen-bond acceptors (Lipinski definition) is 4. The lowest BCUT2D eigenvalue weighted by atomic mass is 10.1. The smallest absolute Gasteiger partial charge is 0.392 e. The second kappa shape index (κ2) is 4.77. The van der Waals surface area contributed by atoms with E-state index in [0.29, 0.717) is 5.56 Å². The van der Waals surface area contributed by atoms with Crippen LogP contribution in [0.25, 0.3) is 0 Å². The second-order valence-electron chi connectivity index (χ2n) is 3.71. The zero-order valence-electron chi connectivity index (χ0n) is 9.58. The molecule has 8 heteroatoms. The molecule has 0 radical (unpaired) electrons. The molecule has 0 fully saturated rings. The summed E-state index contributed by atoms with van der Waals surface area (Å²) in [5.74, 6) is -0.486. The Morgan fingerprint density at radius 2 is 1.83 bits per heavy atom. The molecule has 0 bridgehead atoms. The van der Waals surface area contributed by atoms with Crippen LogP contribution >= 0.6 is 0 Å². The largest absolute Gasteiger partial charge is 0.534 e. The van der Waals surface area contributed by atoms with Gasteiger partial charge >= 0.3 is 15.6 Å². The van der Waals surface area contributed by atoms with Crippen LogP contribution in [0.15, 0.2) is 12.1 Å². The molecule has 0 aliphatic rings. The van der Waals surface area contributed by atoms with Crippen LogP contribution in [-0.4, -0.2) is 19.0 Å². The molecule has 0 atom stereocenters. The Labute approximate surface area is 102 Å². The van der Waals surface area contributed by atoms with Crippen molar-refractivity contribution < 1.29 is 30.9 Å². The first kappa shape index (κ1) is 14.8. The van der Waals surface area contributed by atoms with E-state index in [1.807, 2.05) is 0 Å². The van der Waals surface area contributed by atoms with Crippen LogP contribution in [0.4, 0.5) is 13.2 Å². The summed E-state index contributed by atoms with van der Waals surface area (Å²) in [5, 5.41) is 9.01. The summed E-state index contributed by atoms with van der Waals surface area (Å²) in [6.45, 7) is 2.44. The monoisotopic (exact) mass is 284 g/mol. The van der Waals surface area contributed by atoms with E-state index < -0.39 is 28.0 Å². The maximum absolute atomic E-state index is 12.2. The summed E-state index contributed by atoms with van der Waals surface area (Å²) in [7, 11) is -5.73. The first-order chi connectivity index (χ1) is 8.08. The molecule has 102 valence electrons. The molecule has 0 saturated heterocycles. The van der Waals surface area contributed by atoms with Crippen molar-refractivity contribution in [2.45, 2.75) is 26.0 Å². The molecule has 0 heterocycles. The summed E-state index contributed by atoms with van der Waals surface area (Å²) in [6.07, 6.45) is 0. The number of halogens is 3. The Balaban J connectivity index is 3.28. The van der Waals surface area contributed by atoms with E-state index in [1.54, 1.807) is 6.92 Å². The minimum atomic E-state index is -5.73. The van der Waals surface area contributed by atoms with Crippen LogP contribution in [0.2, 0.25) is 0 Å². The minimum Gasteiger partial charge on any atom is -0.392 e. The second-order valence-corrected chi connectivity index (χ2v) is 5.25. The van der Waals surface area contributed by atoms with E-state index in [-0.39, 0.29) is 11.1 Å². The Morgan fingerprint density at radius 3 is 2.28 bits per heavy atom. The topological polar surface area (TPSA) is 63.6 Å². The fourth-order valence-corrected chi connectivity index (χ4v) is 1.99. The highest BCUT2D eigenvalue weighted by Crippen LogP contribution is 2.32. The van der Waals surface area contributed by atoms with Crippen molar-refractivity contribution in [3.05, 3.63) is 28.8 Å². The van der Waals surface area contributed by atoms with Crippen molar-refractivity contribution in [2.24, 2.45) is 0 Å². The summed E-state index contributed by atoms with van der Waals surface area (Å²) in [5.41, 5.74) is -4.64. The average molecular weight is 284 g/mol. The highest BCUT2D eigenvalue weighted by Gasteiger charge is 2.49. The van der Waals surface area contributed by atoms with Gasteiger partial charge in [-0.1, -0.05) is 11.6 Å². The maximum atomic E-state index is 12.2. The number of aliphatic hydroxyl groups is 1. The predicted octanol–water partition coefficient (Wildman–Crippen LogP) is 2.02. The molecule has 0 unspecified atom stereocenters. The molecule has 0 saturated carbocycles. The van der Waals surface area contributed by atoms with Gasteiger partial charge in [-0.2, -0.15) is 21.6 Å². The summed E-state index contributed by atoms with van der Waals surface area (Å²) < 4.78 is 62.4. The van der Waals surface area contributed by atoms with Crippen LogP contribution in [0.1, 0.15) is 16.7 Å². The molecule has 1 aromatic carbocycles. The molecule has 0 aromatic heterocycles. The van der Waals surface area contributed by atoms with E-state index in [9.17, 15) is 21.6 Å². The van der Waals surface area contributed by atoms with Gasteiger partial charge in [-0.3, -0.25) is 0 Å². The lowest BCUT2D eigenvalue weighted by molar-refractivity contribution is -0.0500. The average Bonchev–Trinajstić information content (AvgIpc) is 2.19. The van der Waals surface area contributed by atoms with Crippen molar-refractivity contribution >= 4 is 10.1 Å². The third-order valence-corrected chi connectivity index (χ3v) is 3.10. The van der Waals surface area contributed by atoms with Gasteiger partial charge in [-0.05, 0) is 25.5 Å². The fraction of sp³-hybridized carbons (Fsp3) is 0.400. The van der Waals surface area contributed by atoms with Crippen molar-refractivity contribution in [1.82, 2.24) is 0 Å². The number of rotatable bonds is 3.